The maximum Gasteiger partial charge on any atom is 0.408 e. The summed E-state index contributed by atoms with van der Waals surface area (Å²) in [4.78, 5) is 21.6. The number of hydrogen-bond donors (Lipinski definition) is 2. The minimum atomic E-state index is -1.10. The van der Waals surface area contributed by atoms with E-state index in [-0.39, 0.29) is 5.33 Å². The number of ether oxygens (including phenoxy) is 1. The van der Waals surface area contributed by atoms with Gasteiger partial charge in [-0.25, -0.2) is 9.59 Å². The van der Waals surface area contributed by atoms with Gasteiger partial charge in [0.2, 0.25) is 0 Å². The highest BCUT2D eigenvalue weighted by molar-refractivity contribution is 9.09. The van der Waals surface area contributed by atoms with Crippen molar-refractivity contribution in [2.45, 2.75) is 32.4 Å². The van der Waals surface area contributed by atoms with Crippen LogP contribution in [0.15, 0.2) is 0 Å². The predicted octanol–water partition coefficient (Wildman–Crippen LogP) is 1.36. The van der Waals surface area contributed by atoms with Gasteiger partial charge in [-0.3, -0.25) is 0 Å². The van der Waals surface area contributed by atoms with E-state index in [1.165, 1.54) is 0 Å². The van der Waals surface area contributed by atoms with E-state index in [4.69, 9.17) is 9.84 Å². The van der Waals surface area contributed by atoms with Crippen molar-refractivity contribution in [3.63, 3.8) is 0 Å². The Bertz CT molecular complexity index is 224. The Morgan fingerprint density at radius 2 is 2.00 bits per heavy atom. The fourth-order valence-electron chi connectivity index (χ4n) is 0.616. The van der Waals surface area contributed by atoms with Crippen molar-refractivity contribution in [3.05, 3.63) is 0 Å². The minimum absolute atomic E-state index is 0.140. The average molecular weight is 268 g/mol. The number of carbonyl (C=O) groups is 2. The highest BCUT2D eigenvalue weighted by Gasteiger charge is 2.22. The second-order valence-corrected chi connectivity index (χ2v) is 4.34. The first-order valence-electron chi connectivity index (χ1n) is 4.04. The van der Waals surface area contributed by atoms with Crippen LogP contribution in [-0.2, 0) is 9.53 Å². The lowest BCUT2D eigenvalue weighted by atomic mass is 10.2. The summed E-state index contributed by atoms with van der Waals surface area (Å²) in [5.41, 5.74) is -0.626. The van der Waals surface area contributed by atoms with Gasteiger partial charge in [0.15, 0.2) is 0 Å². The van der Waals surface area contributed by atoms with Gasteiger partial charge in [-0.1, -0.05) is 15.9 Å². The summed E-state index contributed by atoms with van der Waals surface area (Å²) in [7, 11) is 0. The molecule has 0 aliphatic rings. The Morgan fingerprint density at radius 1 is 1.50 bits per heavy atom. The lowest BCUT2D eigenvalue weighted by molar-refractivity contribution is -0.138. The molecule has 0 rings (SSSR count). The maximum atomic E-state index is 11.1. The number of carboxylic acids is 1. The summed E-state index contributed by atoms with van der Waals surface area (Å²) >= 11 is 2.97. The van der Waals surface area contributed by atoms with E-state index in [0.29, 0.717) is 0 Å². The molecule has 14 heavy (non-hydrogen) atoms. The summed E-state index contributed by atoms with van der Waals surface area (Å²) < 4.78 is 4.89. The number of alkyl halides is 1. The van der Waals surface area contributed by atoms with Crippen molar-refractivity contribution in [1.82, 2.24) is 5.32 Å². The van der Waals surface area contributed by atoms with E-state index < -0.39 is 23.7 Å². The zero-order valence-corrected chi connectivity index (χ0v) is 9.92. The monoisotopic (exact) mass is 267 g/mol. The van der Waals surface area contributed by atoms with Gasteiger partial charge >= 0.3 is 12.1 Å². The summed E-state index contributed by atoms with van der Waals surface area (Å²) in [6, 6.07) is -0.968. The quantitative estimate of drug-likeness (QED) is 0.758. The number of amides is 1. The molecule has 0 radical (unpaired) electrons. The smallest absolute Gasteiger partial charge is 0.408 e. The minimum Gasteiger partial charge on any atom is -0.480 e. The molecule has 6 heteroatoms. The van der Waals surface area contributed by atoms with Crippen LogP contribution in [0.1, 0.15) is 20.8 Å². The normalized spacial score (nSPS) is 13.1. The van der Waals surface area contributed by atoms with Gasteiger partial charge in [-0.2, -0.15) is 0 Å². The molecule has 0 aromatic rings. The van der Waals surface area contributed by atoms with Crippen molar-refractivity contribution < 1.29 is 19.4 Å². The molecule has 0 unspecified atom stereocenters. The molecule has 0 saturated heterocycles. The first-order chi connectivity index (χ1) is 6.26. The number of aliphatic carboxylic acids is 1. The number of hydrogen-bond acceptors (Lipinski definition) is 3. The molecule has 1 amide bonds. The van der Waals surface area contributed by atoms with Crippen LogP contribution in [-0.4, -0.2) is 34.1 Å². The second-order valence-electron chi connectivity index (χ2n) is 3.69. The topological polar surface area (TPSA) is 75.6 Å². The maximum absolute atomic E-state index is 11.1. The molecule has 2 N–H and O–H groups in total. The van der Waals surface area contributed by atoms with Crippen LogP contribution in [0, 0.1) is 0 Å². The molecule has 0 spiro atoms. The summed E-state index contributed by atoms with van der Waals surface area (Å²) in [6.07, 6.45) is -0.732. The van der Waals surface area contributed by atoms with Crippen LogP contribution < -0.4 is 5.32 Å². The number of alkyl carbamates (subject to hydrolysis) is 1. The van der Waals surface area contributed by atoms with Gasteiger partial charge in [0.1, 0.15) is 11.6 Å². The largest absolute Gasteiger partial charge is 0.480 e. The molecule has 0 aromatic heterocycles. The Kier molecular flexibility index (Phi) is 4.90. The molecule has 0 aliphatic carbocycles. The van der Waals surface area contributed by atoms with Crippen LogP contribution in [0.25, 0.3) is 0 Å². The van der Waals surface area contributed by atoms with Gasteiger partial charge < -0.3 is 15.2 Å². The molecule has 0 heterocycles. The molecular formula is C8H14BrNO4. The Labute approximate surface area is 90.9 Å². The Balaban J connectivity index is 4.11. The summed E-state index contributed by atoms with van der Waals surface area (Å²) in [6.45, 7) is 5.11. The predicted molar refractivity (Wildman–Crippen MR) is 54.6 cm³/mol. The number of rotatable bonds is 3. The van der Waals surface area contributed by atoms with Crippen LogP contribution in [0.4, 0.5) is 4.79 Å². The van der Waals surface area contributed by atoms with Gasteiger partial charge in [-0.15, -0.1) is 0 Å². The molecule has 0 aromatic carbocycles. The molecule has 5 nitrogen and oxygen atoms in total. The van der Waals surface area contributed by atoms with Gasteiger partial charge in [0.05, 0.1) is 0 Å². The fraction of sp³-hybridized carbons (Fsp3) is 0.750. The zero-order chi connectivity index (χ0) is 11.4. The second kappa shape index (κ2) is 5.19. The van der Waals surface area contributed by atoms with Crippen molar-refractivity contribution >= 4 is 28.0 Å². The van der Waals surface area contributed by atoms with E-state index in [1.807, 2.05) is 0 Å². The zero-order valence-electron chi connectivity index (χ0n) is 8.33. The molecule has 1 atom stereocenters. The van der Waals surface area contributed by atoms with Crippen LogP contribution in [0.2, 0.25) is 0 Å². The van der Waals surface area contributed by atoms with E-state index in [1.54, 1.807) is 20.8 Å². The molecule has 0 saturated carbocycles. The van der Waals surface area contributed by atoms with Gasteiger partial charge in [0.25, 0.3) is 0 Å². The van der Waals surface area contributed by atoms with E-state index >= 15 is 0 Å². The van der Waals surface area contributed by atoms with E-state index in [0.717, 1.165) is 0 Å². The lowest BCUT2D eigenvalue weighted by Crippen LogP contribution is -2.44. The molecule has 0 bridgehead atoms. The first-order valence-corrected chi connectivity index (χ1v) is 5.16. The van der Waals surface area contributed by atoms with Crippen molar-refractivity contribution in [1.29, 1.82) is 0 Å². The first kappa shape index (κ1) is 13.2. The SMILES string of the molecule is CC(C)(C)OC(=O)N[C@@H](CBr)C(=O)O. The average Bonchev–Trinajstić information content (AvgIpc) is 1.96. The van der Waals surface area contributed by atoms with Crippen LogP contribution in [0.5, 0.6) is 0 Å². The number of nitrogens with one attached hydrogen (secondary N) is 1. The van der Waals surface area contributed by atoms with E-state index in [2.05, 4.69) is 21.2 Å². The Morgan fingerprint density at radius 3 is 2.29 bits per heavy atom. The number of carbonyl (C=O) groups excluding carboxylic acids is 1. The van der Waals surface area contributed by atoms with Crippen molar-refractivity contribution in [2.24, 2.45) is 0 Å². The van der Waals surface area contributed by atoms with Crippen molar-refractivity contribution in [2.75, 3.05) is 5.33 Å². The van der Waals surface area contributed by atoms with Gasteiger partial charge in [-0.05, 0) is 20.8 Å². The highest BCUT2D eigenvalue weighted by atomic mass is 79.9. The fourth-order valence-corrected chi connectivity index (χ4v) is 1.05. The molecular weight excluding hydrogens is 254 g/mol. The summed E-state index contributed by atoms with van der Waals surface area (Å²) in [5, 5.41) is 11.0. The van der Waals surface area contributed by atoms with Crippen LogP contribution >= 0.6 is 15.9 Å². The molecule has 82 valence electrons. The third-order valence-corrected chi connectivity index (χ3v) is 1.79. The van der Waals surface area contributed by atoms with Crippen molar-refractivity contribution in [3.8, 4) is 0 Å². The number of carboxylic acid groups (broad SMARTS) is 1. The van der Waals surface area contributed by atoms with Gasteiger partial charge in [0, 0.05) is 5.33 Å². The standard InChI is InChI=1S/C8H14BrNO4/c1-8(2,3)14-7(13)10-5(4-9)6(11)12/h5H,4H2,1-3H3,(H,10,13)(H,11,12)/t5-/m0/s1. The third-order valence-electron chi connectivity index (χ3n) is 1.14. The summed E-state index contributed by atoms with van der Waals surface area (Å²) in [5.74, 6) is -1.10. The lowest BCUT2D eigenvalue weighted by Gasteiger charge is -2.21. The van der Waals surface area contributed by atoms with E-state index in [9.17, 15) is 9.59 Å². The highest BCUT2D eigenvalue weighted by Crippen LogP contribution is 2.07. The molecule has 0 aliphatic heterocycles. The Hall–Kier alpha value is -0.780. The van der Waals surface area contributed by atoms with Crippen LogP contribution in [0.3, 0.4) is 0 Å². The third kappa shape index (κ3) is 5.80. The molecule has 0 fully saturated rings. The number of halogens is 1.